The lowest BCUT2D eigenvalue weighted by molar-refractivity contribution is -0.384. The van der Waals surface area contributed by atoms with Gasteiger partial charge in [-0.1, -0.05) is 11.6 Å². The Bertz CT molecular complexity index is 469. The molecule has 6 nitrogen and oxygen atoms in total. The summed E-state index contributed by atoms with van der Waals surface area (Å²) in [7, 11) is 2.09. The molecule has 1 aromatic rings. The molecule has 0 aliphatic carbocycles. The molecule has 1 N–H and O–H groups in total. The van der Waals surface area contributed by atoms with Crippen LogP contribution in [-0.2, 0) is 0 Å². The zero-order valence-electron chi connectivity index (χ0n) is 10.8. The topological polar surface area (TPSA) is 71.3 Å². The quantitative estimate of drug-likeness (QED) is 0.679. The van der Waals surface area contributed by atoms with Crippen LogP contribution in [0.3, 0.4) is 0 Å². The van der Waals surface area contributed by atoms with Crippen LogP contribution in [0.4, 0.5) is 11.5 Å². The van der Waals surface area contributed by atoms with Crippen molar-refractivity contribution in [3.8, 4) is 0 Å². The van der Waals surface area contributed by atoms with Gasteiger partial charge in [0.1, 0.15) is 0 Å². The largest absolute Gasteiger partial charge is 0.364 e. The van der Waals surface area contributed by atoms with Gasteiger partial charge < -0.3 is 10.2 Å². The van der Waals surface area contributed by atoms with E-state index in [-0.39, 0.29) is 10.7 Å². The minimum atomic E-state index is -0.464. The van der Waals surface area contributed by atoms with Crippen molar-refractivity contribution in [2.45, 2.75) is 12.8 Å². The van der Waals surface area contributed by atoms with Gasteiger partial charge in [-0.25, -0.2) is 4.98 Å². The van der Waals surface area contributed by atoms with Crippen LogP contribution in [0.2, 0.25) is 5.02 Å². The molecule has 104 valence electrons. The maximum Gasteiger partial charge on any atom is 0.312 e. The number of aromatic nitrogens is 1. The molecule has 1 aliphatic heterocycles. The Balaban J connectivity index is 2.01. The lowest BCUT2D eigenvalue weighted by Crippen LogP contribution is -2.35. The Morgan fingerprint density at radius 2 is 2.47 bits per heavy atom. The zero-order valence-corrected chi connectivity index (χ0v) is 11.6. The van der Waals surface area contributed by atoms with Gasteiger partial charge in [0, 0.05) is 25.4 Å². The number of hydrogen-bond acceptors (Lipinski definition) is 5. The number of halogens is 1. The molecule has 0 saturated carbocycles. The monoisotopic (exact) mass is 284 g/mol. The second-order valence-electron chi connectivity index (χ2n) is 4.93. The first kappa shape index (κ1) is 14.0. The third kappa shape index (κ3) is 3.78. The minimum absolute atomic E-state index is 0.0725. The fraction of sp³-hybridized carbons (Fsp3) is 0.583. The van der Waals surface area contributed by atoms with Gasteiger partial charge in [0.25, 0.3) is 0 Å². The van der Waals surface area contributed by atoms with Crippen LogP contribution in [0, 0.1) is 16.0 Å². The first-order valence-corrected chi connectivity index (χ1v) is 6.66. The van der Waals surface area contributed by atoms with Gasteiger partial charge in [-0.15, -0.1) is 0 Å². The van der Waals surface area contributed by atoms with Crippen molar-refractivity contribution in [3.05, 3.63) is 27.4 Å². The van der Waals surface area contributed by atoms with E-state index < -0.39 is 4.92 Å². The van der Waals surface area contributed by atoms with Gasteiger partial charge in [0.15, 0.2) is 0 Å². The minimum Gasteiger partial charge on any atom is -0.364 e. The van der Waals surface area contributed by atoms with Gasteiger partial charge in [-0.3, -0.25) is 10.1 Å². The summed E-state index contributed by atoms with van der Waals surface area (Å²) in [4.78, 5) is 16.8. The molecule has 2 heterocycles. The summed E-state index contributed by atoms with van der Waals surface area (Å²) in [5.41, 5.74) is -0.0725. The summed E-state index contributed by atoms with van der Waals surface area (Å²) in [5, 5.41) is 14.3. The molecule has 0 amide bonds. The molecule has 2 rings (SSSR count). The molecule has 1 saturated heterocycles. The summed E-state index contributed by atoms with van der Waals surface area (Å²) in [6.07, 6.45) is 3.72. The smallest absolute Gasteiger partial charge is 0.312 e. The van der Waals surface area contributed by atoms with Crippen LogP contribution in [0.25, 0.3) is 0 Å². The van der Waals surface area contributed by atoms with E-state index in [2.05, 4.69) is 22.2 Å². The van der Waals surface area contributed by atoms with E-state index in [0.717, 1.165) is 19.5 Å². The molecule has 7 heteroatoms. The highest BCUT2D eigenvalue weighted by atomic mass is 35.5. The number of nitro groups is 1. The molecule has 1 aromatic heterocycles. The second-order valence-corrected chi connectivity index (χ2v) is 5.37. The van der Waals surface area contributed by atoms with Crippen molar-refractivity contribution in [3.63, 3.8) is 0 Å². The Morgan fingerprint density at radius 3 is 3.16 bits per heavy atom. The highest BCUT2D eigenvalue weighted by molar-refractivity contribution is 6.30. The Morgan fingerprint density at radius 1 is 1.68 bits per heavy atom. The van der Waals surface area contributed by atoms with Crippen LogP contribution < -0.4 is 5.32 Å². The van der Waals surface area contributed by atoms with Crippen LogP contribution in [0.5, 0.6) is 0 Å². The summed E-state index contributed by atoms with van der Waals surface area (Å²) < 4.78 is 0. The predicted molar refractivity (Wildman–Crippen MR) is 74.6 cm³/mol. The summed E-state index contributed by atoms with van der Waals surface area (Å²) in [6, 6.07) is 1.32. The maximum absolute atomic E-state index is 10.9. The zero-order chi connectivity index (χ0) is 13.8. The predicted octanol–water partition coefficient (Wildman–Crippen LogP) is 2.40. The Labute approximate surface area is 116 Å². The van der Waals surface area contributed by atoms with Gasteiger partial charge in [0.2, 0.25) is 5.82 Å². The average Bonchev–Trinajstić information content (AvgIpc) is 2.37. The van der Waals surface area contributed by atoms with Crippen LogP contribution in [-0.4, -0.2) is 41.5 Å². The number of nitrogens with one attached hydrogen (secondary N) is 1. The molecule has 0 aromatic carbocycles. The molecule has 0 bridgehead atoms. The number of likely N-dealkylation sites (tertiary alicyclic amines) is 1. The van der Waals surface area contributed by atoms with Gasteiger partial charge >= 0.3 is 5.69 Å². The normalized spacial score (nSPS) is 20.2. The lowest BCUT2D eigenvalue weighted by atomic mass is 9.98. The molecule has 19 heavy (non-hydrogen) atoms. The van der Waals surface area contributed by atoms with Crippen molar-refractivity contribution in [2.24, 2.45) is 5.92 Å². The van der Waals surface area contributed by atoms with Crippen molar-refractivity contribution < 1.29 is 4.92 Å². The first-order valence-electron chi connectivity index (χ1n) is 6.28. The van der Waals surface area contributed by atoms with E-state index in [4.69, 9.17) is 11.6 Å². The second kappa shape index (κ2) is 6.16. The molecular formula is C12H17ClN4O2. The summed E-state index contributed by atoms with van der Waals surface area (Å²) in [5.74, 6) is 0.790. The number of hydrogen-bond donors (Lipinski definition) is 1. The first-order chi connectivity index (χ1) is 9.06. The number of pyridine rings is 1. The molecule has 0 spiro atoms. The standard InChI is InChI=1S/C12H17ClN4O2/c1-16-4-2-3-9(8-16)6-14-12-11(17(18)19)5-10(13)7-15-12/h5,7,9H,2-4,6,8H2,1H3,(H,14,15). The van der Waals surface area contributed by atoms with E-state index in [0.29, 0.717) is 18.3 Å². The SMILES string of the molecule is CN1CCCC(CNc2ncc(Cl)cc2[N+](=O)[O-])C1. The van der Waals surface area contributed by atoms with Gasteiger partial charge in [-0.2, -0.15) is 0 Å². The van der Waals surface area contributed by atoms with Crippen LogP contribution >= 0.6 is 11.6 Å². The molecule has 1 atom stereocenters. The summed E-state index contributed by atoms with van der Waals surface area (Å²) >= 11 is 5.73. The molecule has 1 aliphatic rings. The molecule has 1 unspecified atom stereocenters. The Kier molecular flexibility index (Phi) is 4.55. The number of rotatable bonds is 4. The number of nitrogens with zero attached hydrogens (tertiary/aromatic N) is 3. The number of anilines is 1. The highest BCUT2D eigenvalue weighted by Gasteiger charge is 2.20. The van der Waals surface area contributed by atoms with E-state index in [9.17, 15) is 10.1 Å². The fourth-order valence-electron chi connectivity index (χ4n) is 2.38. The third-order valence-electron chi connectivity index (χ3n) is 3.31. The van der Waals surface area contributed by atoms with Crippen molar-refractivity contribution in [1.29, 1.82) is 0 Å². The highest BCUT2D eigenvalue weighted by Crippen LogP contribution is 2.25. The van der Waals surface area contributed by atoms with Gasteiger partial charge in [-0.05, 0) is 32.4 Å². The van der Waals surface area contributed by atoms with Crippen molar-refractivity contribution in [1.82, 2.24) is 9.88 Å². The Hall–Kier alpha value is -1.40. The van der Waals surface area contributed by atoms with Gasteiger partial charge in [0.05, 0.1) is 9.95 Å². The van der Waals surface area contributed by atoms with E-state index in [1.54, 1.807) is 0 Å². The van der Waals surface area contributed by atoms with E-state index >= 15 is 0 Å². The molecule has 1 fully saturated rings. The van der Waals surface area contributed by atoms with Crippen molar-refractivity contribution >= 4 is 23.1 Å². The fourth-order valence-corrected chi connectivity index (χ4v) is 2.54. The maximum atomic E-state index is 10.9. The average molecular weight is 285 g/mol. The van der Waals surface area contributed by atoms with E-state index in [1.807, 2.05) is 0 Å². The lowest BCUT2D eigenvalue weighted by Gasteiger charge is -2.29. The van der Waals surface area contributed by atoms with Crippen LogP contribution in [0.1, 0.15) is 12.8 Å². The van der Waals surface area contributed by atoms with Crippen molar-refractivity contribution in [2.75, 3.05) is 32.0 Å². The molecule has 0 radical (unpaired) electrons. The third-order valence-corrected chi connectivity index (χ3v) is 3.52. The number of piperidine rings is 1. The van der Waals surface area contributed by atoms with E-state index in [1.165, 1.54) is 18.7 Å². The molecular weight excluding hydrogens is 268 g/mol. The summed E-state index contributed by atoms with van der Waals surface area (Å²) in [6.45, 7) is 2.82. The van der Waals surface area contributed by atoms with Crippen LogP contribution in [0.15, 0.2) is 12.3 Å².